The molecule has 4 heteroatoms. The van der Waals surface area contributed by atoms with Gasteiger partial charge in [0.15, 0.2) is 0 Å². The number of carbonyl (C=O) groups is 1. The standard InChI is InChI=1S/C14H22N2O2/c1-10(2)8-15-13-6-4-12(5-7-13)14(18)16-11(3)9-17/h4-7,10-11,15,17H,8-9H2,1-3H3,(H,16,18). The van der Waals surface area contributed by atoms with Crippen molar-refractivity contribution in [3.8, 4) is 0 Å². The second-order valence-electron chi connectivity index (χ2n) is 4.91. The number of benzene rings is 1. The first kappa shape index (κ1) is 14.5. The summed E-state index contributed by atoms with van der Waals surface area (Å²) in [6.07, 6.45) is 0. The number of hydrogen-bond acceptors (Lipinski definition) is 3. The average Bonchev–Trinajstić information content (AvgIpc) is 2.36. The van der Waals surface area contributed by atoms with Gasteiger partial charge < -0.3 is 15.7 Å². The maximum atomic E-state index is 11.7. The van der Waals surface area contributed by atoms with E-state index in [1.165, 1.54) is 0 Å². The molecule has 3 N–H and O–H groups in total. The van der Waals surface area contributed by atoms with E-state index in [0.29, 0.717) is 11.5 Å². The van der Waals surface area contributed by atoms with Gasteiger partial charge in [-0.3, -0.25) is 4.79 Å². The molecule has 1 aromatic carbocycles. The third-order valence-corrected chi connectivity index (χ3v) is 2.51. The molecular formula is C14H22N2O2. The Kier molecular flexibility index (Phi) is 5.65. The van der Waals surface area contributed by atoms with E-state index in [1.807, 2.05) is 12.1 Å². The summed E-state index contributed by atoms with van der Waals surface area (Å²) in [6.45, 7) is 6.90. The van der Waals surface area contributed by atoms with Crippen molar-refractivity contribution in [1.82, 2.24) is 5.32 Å². The molecule has 0 heterocycles. The van der Waals surface area contributed by atoms with Crippen LogP contribution in [-0.4, -0.2) is 30.2 Å². The third kappa shape index (κ3) is 4.75. The summed E-state index contributed by atoms with van der Waals surface area (Å²) >= 11 is 0. The summed E-state index contributed by atoms with van der Waals surface area (Å²) in [5.41, 5.74) is 1.61. The van der Waals surface area contributed by atoms with Crippen LogP contribution >= 0.6 is 0 Å². The highest BCUT2D eigenvalue weighted by molar-refractivity contribution is 5.94. The van der Waals surface area contributed by atoms with Crippen molar-refractivity contribution in [1.29, 1.82) is 0 Å². The van der Waals surface area contributed by atoms with Crippen LogP contribution < -0.4 is 10.6 Å². The second-order valence-corrected chi connectivity index (χ2v) is 4.91. The Hall–Kier alpha value is -1.55. The van der Waals surface area contributed by atoms with Crippen LogP contribution in [0, 0.1) is 5.92 Å². The highest BCUT2D eigenvalue weighted by Gasteiger charge is 2.08. The number of anilines is 1. The highest BCUT2D eigenvalue weighted by atomic mass is 16.3. The quantitative estimate of drug-likeness (QED) is 0.722. The van der Waals surface area contributed by atoms with E-state index in [1.54, 1.807) is 19.1 Å². The first-order chi connectivity index (χ1) is 8.52. The molecule has 0 aromatic heterocycles. The molecule has 0 aliphatic carbocycles. The van der Waals surface area contributed by atoms with Gasteiger partial charge in [-0.1, -0.05) is 13.8 Å². The van der Waals surface area contributed by atoms with E-state index in [9.17, 15) is 4.79 Å². The normalized spacial score (nSPS) is 12.3. The zero-order chi connectivity index (χ0) is 13.5. The van der Waals surface area contributed by atoms with Gasteiger partial charge in [0.1, 0.15) is 0 Å². The molecule has 18 heavy (non-hydrogen) atoms. The number of hydrogen-bond donors (Lipinski definition) is 3. The lowest BCUT2D eigenvalue weighted by Crippen LogP contribution is -2.34. The predicted molar refractivity (Wildman–Crippen MR) is 73.8 cm³/mol. The van der Waals surface area contributed by atoms with E-state index in [4.69, 9.17) is 5.11 Å². The summed E-state index contributed by atoms with van der Waals surface area (Å²) in [6, 6.07) is 7.11. The van der Waals surface area contributed by atoms with Crippen molar-refractivity contribution >= 4 is 11.6 Å². The summed E-state index contributed by atoms with van der Waals surface area (Å²) in [7, 11) is 0. The number of nitrogens with one attached hydrogen (secondary N) is 2. The van der Waals surface area contributed by atoms with Crippen molar-refractivity contribution in [3.05, 3.63) is 29.8 Å². The molecule has 0 spiro atoms. The van der Waals surface area contributed by atoms with Crippen molar-refractivity contribution in [2.24, 2.45) is 5.92 Å². The smallest absolute Gasteiger partial charge is 0.251 e. The van der Waals surface area contributed by atoms with Crippen molar-refractivity contribution in [3.63, 3.8) is 0 Å². The van der Waals surface area contributed by atoms with E-state index in [2.05, 4.69) is 24.5 Å². The van der Waals surface area contributed by atoms with Gasteiger partial charge in [0.2, 0.25) is 0 Å². The monoisotopic (exact) mass is 250 g/mol. The maximum absolute atomic E-state index is 11.7. The molecule has 0 aliphatic heterocycles. The number of aliphatic hydroxyl groups is 1. The highest BCUT2D eigenvalue weighted by Crippen LogP contribution is 2.10. The van der Waals surface area contributed by atoms with Crippen LogP contribution in [0.1, 0.15) is 31.1 Å². The van der Waals surface area contributed by atoms with Crippen LogP contribution in [0.2, 0.25) is 0 Å². The minimum absolute atomic E-state index is 0.0558. The summed E-state index contributed by atoms with van der Waals surface area (Å²) in [5.74, 6) is 0.422. The molecule has 1 aromatic rings. The molecule has 0 saturated heterocycles. The molecule has 0 aliphatic rings. The second kappa shape index (κ2) is 7.01. The molecule has 1 rings (SSSR count). The summed E-state index contributed by atoms with van der Waals surface area (Å²) < 4.78 is 0. The van der Waals surface area contributed by atoms with Crippen LogP contribution in [0.25, 0.3) is 0 Å². The zero-order valence-corrected chi connectivity index (χ0v) is 11.2. The molecule has 1 amide bonds. The van der Waals surface area contributed by atoms with Gasteiger partial charge in [0, 0.05) is 23.8 Å². The van der Waals surface area contributed by atoms with Gasteiger partial charge in [-0.05, 0) is 37.1 Å². The lowest BCUT2D eigenvalue weighted by molar-refractivity contribution is 0.0922. The Morgan fingerprint density at radius 3 is 2.33 bits per heavy atom. The van der Waals surface area contributed by atoms with Crippen molar-refractivity contribution < 1.29 is 9.90 Å². The average molecular weight is 250 g/mol. The van der Waals surface area contributed by atoms with Gasteiger partial charge in [-0.2, -0.15) is 0 Å². The predicted octanol–water partition coefficient (Wildman–Crippen LogP) is 1.87. The summed E-state index contributed by atoms with van der Waals surface area (Å²) in [5, 5.41) is 14.9. The van der Waals surface area contributed by atoms with Gasteiger partial charge in [-0.25, -0.2) is 0 Å². The fourth-order valence-corrected chi connectivity index (χ4v) is 1.41. The summed E-state index contributed by atoms with van der Waals surface area (Å²) in [4.78, 5) is 11.7. The zero-order valence-electron chi connectivity index (χ0n) is 11.2. The van der Waals surface area contributed by atoms with Crippen molar-refractivity contribution in [2.45, 2.75) is 26.8 Å². The Labute approximate surface area is 108 Å². The first-order valence-corrected chi connectivity index (χ1v) is 6.28. The lowest BCUT2D eigenvalue weighted by Gasteiger charge is -2.12. The Morgan fingerprint density at radius 2 is 1.83 bits per heavy atom. The molecule has 0 bridgehead atoms. The largest absolute Gasteiger partial charge is 0.394 e. The number of aliphatic hydroxyl groups excluding tert-OH is 1. The SMILES string of the molecule is CC(C)CNc1ccc(C(=O)NC(C)CO)cc1. The number of carbonyl (C=O) groups excluding carboxylic acids is 1. The molecule has 1 unspecified atom stereocenters. The molecular weight excluding hydrogens is 228 g/mol. The molecule has 0 saturated carbocycles. The van der Waals surface area contributed by atoms with Crippen LogP contribution in [0.3, 0.4) is 0 Å². The third-order valence-electron chi connectivity index (χ3n) is 2.51. The first-order valence-electron chi connectivity index (χ1n) is 6.28. The van der Waals surface area contributed by atoms with Crippen molar-refractivity contribution in [2.75, 3.05) is 18.5 Å². The Morgan fingerprint density at radius 1 is 1.22 bits per heavy atom. The molecule has 1 atom stereocenters. The van der Waals surface area contributed by atoms with Crippen LogP contribution in [0.4, 0.5) is 5.69 Å². The van der Waals surface area contributed by atoms with E-state index in [0.717, 1.165) is 12.2 Å². The molecule has 4 nitrogen and oxygen atoms in total. The van der Waals surface area contributed by atoms with Gasteiger partial charge in [-0.15, -0.1) is 0 Å². The molecule has 0 fully saturated rings. The topological polar surface area (TPSA) is 61.4 Å². The molecule has 100 valence electrons. The van der Waals surface area contributed by atoms with E-state index in [-0.39, 0.29) is 18.6 Å². The number of rotatable bonds is 6. The fourth-order valence-electron chi connectivity index (χ4n) is 1.41. The van der Waals surface area contributed by atoms with Crippen LogP contribution in [-0.2, 0) is 0 Å². The van der Waals surface area contributed by atoms with E-state index >= 15 is 0 Å². The van der Waals surface area contributed by atoms with Crippen LogP contribution in [0.15, 0.2) is 24.3 Å². The maximum Gasteiger partial charge on any atom is 0.251 e. The van der Waals surface area contributed by atoms with Crippen LogP contribution in [0.5, 0.6) is 0 Å². The van der Waals surface area contributed by atoms with E-state index < -0.39 is 0 Å². The minimum Gasteiger partial charge on any atom is -0.394 e. The minimum atomic E-state index is -0.226. The van der Waals surface area contributed by atoms with Gasteiger partial charge >= 0.3 is 0 Å². The number of amides is 1. The lowest BCUT2D eigenvalue weighted by atomic mass is 10.1. The van der Waals surface area contributed by atoms with Gasteiger partial charge in [0.05, 0.1) is 6.61 Å². The Balaban J connectivity index is 2.56. The Bertz CT molecular complexity index is 374. The van der Waals surface area contributed by atoms with Gasteiger partial charge in [0.25, 0.3) is 5.91 Å². The molecule has 0 radical (unpaired) electrons. The fraction of sp³-hybridized carbons (Fsp3) is 0.500.